The lowest BCUT2D eigenvalue weighted by Gasteiger charge is -2.19. The second kappa shape index (κ2) is 5.18. The van der Waals surface area contributed by atoms with Crippen molar-refractivity contribution < 1.29 is 0 Å². The van der Waals surface area contributed by atoms with Crippen molar-refractivity contribution >= 4 is 27.7 Å². The van der Waals surface area contributed by atoms with E-state index in [0.29, 0.717) is 0 Å². The Kier molecular flexibility index (Phi) is 3.27. The van der Waals surface area contributed by atoms with Crippen molar-refractivity contribution in [3.8, 4) is 16.9 Å². The highest BCUT2D eigenvalue weighted by Gasteiger charge is 2.28. The highest BCUT2D eigenvalue weighted by molar-refractivity contribution is 9.10. The van der Waals surface area contributed by atoms with Crippen molar-refractivity contribution in [1.82, 2.24) is 9.78 Å². The Hall–Kier alpha value is -1.72. The summed E-state index contributed by atoms with van der Waals surface area (Å²) in [5.41, 5.74) is 3.78. The topological polar surface area (TPSA) is 37.8 Å². The van der Waals surface area contributed by atoms with Crippen LogP contribution in [-0.4, -0.2) is 9.78 Å². The van der Waals surface area contributed by atoms with E-state index in [0.717, 1.165) is 27.0 Å². The lowest BCUT2D eigenvalue weighted by atomic mass is 10.1. The molecule has 2 aromatic carbocycles. The van der Waals surface area contributed by atoms with E-state index in [-0.39, 0.29) is 10.8 Å². The van der Waals surface area contributed by atoms with Crippen LogP contribution >= 0.6 is 27.7 Å². The summed E-state index contributed by atoms with van der Waals surface area (Å²) in [6.07, 6.45) is 0. The van der Waals surface area contributed by atoms with Crippen LogP contribution in [0.15, 0.2) is 62.7 Å². The van der Waals surface area contributed by atoms with Crippen LogP contribution in [0.1, 0.15) is 17.7 Å². The van der Waals surface area contributed by atoms with Gasteiger partial charge in [0, 0.05) is 20.2 Å². The molecule has 1 atom stereocenters. The fraction of sp³-hybridized carbons (Fsp3) is 0.118. The number of aromatic amines is 1. The molecule has 0 amide bonds. The van der Waals surface area contributed by atoms with E-state index in [9.17, 15) is 4.79 Å². The fourth-order valence-electron chi connectivity index (χ4n) is 2.83. The number of nitrogens with one attached hydrogen (secondary N) is 1. The van der Waals surface area contributed by atoms with E-state index in [1.165, 1.54) is 4.90 Å². The smallest absolute Gasteiger partial charge is 0.276 e. The molecule has 3 aromatic rings. The first-order valence-corrected chi connectivity index (χ1v) is 8.69. The Morgan fingerprint density at radius 3 is 2.64 bits per heavy atom. The predicted molar refractivity (Wildman–Crippen MR) is 93.8 cm³/mol. The lowest BCUT2D eigenvalue weighted by Crippen LogP contribution is -2.18. The molecule has 4 rings (SSSR count). The molecule has 2 heterocycles. The third kappa shape index (κ3) is 2.08. The average molecular weight is 373 g/mol. The first-order chi connectivity index (χ1) is 10.6. The van der Waals surface area contributed by atoms with E-state index < -0.39 is 0 Å². The van der Waals surface area contributed by atoms with Crippen molar-refractivity contribution in [2.24, 2.45) is 0 Å². The standard InChI is InChI=1S/C17H13BrN2OS/c1-10-15-16(13-4-2-3-5-14(13)22-10)19-20(17(15)21)12-8-6-11(18)7-9-12/h2-10,19H,1H3. The normalized spacial score (nSPS) is 16.2. The minimum Gasteiger partial charge on any atom is -0.290 e. The fourth-order valence-corrected chi connectivity index (χ4v) is 4.27. The number of aromatic nitrogens is 2. The van der Waals surface area contributed by atoms with E-state index >= 15 is 0 Å². The van der Waals surface area contributed by atoms with Crippen LogP contribution in [0, 0.1) is 0 Å². The van der Waals surface area contributed by atoms with Gasteiger partial charge >= 0.3 is 0 Å². The minimum atomic E-state index is 0.0341. The Labute approximate surface area is 140 Å². The molecule has 0 spiro atoms. The molecule has 1 aromatic heterocycles. The van der Waals surface area contributed by atoms with Crippen LogP contribution in [0.4, 0.5) is 0 Å². The van der Waals surface area contributed by atoms with E-state index in [2.05, 4.69) is 40.1 Å². The quantitative estimate of drug-likeness (QED) is 0.668. The van der Waals surface area contributed by atoms with Gasteiger partial charge in [-0.2, -0.15) is 0 Å². The Balaban J connectivity index is 1.96. The maximum absolute atomic E-state index is 12.8. The van der Waals surface area contributed by atoms with Gasteiger partial charge in [-0.25, -0.2) is 4.68 Å². The molecule has 110 valence electrons. The predicted octanol–water partition coefficient (Wildman–Crippen LogP) is 4.76. The molecule has 0 bridgehead atoms. The second-order valence-corrected chi connectivity index (χ2v) is 7.57. The monoisotopic (exact) mass is 372 g/mol. The number of H-pyrrole nitrogens is 1. The largest absolute Gasteiger partial charge is 0.290 e. The molecule has 0 aliphatic carbocycles. The van der Waals surface area contributed by atoms with Crippen molar-refractivity contribution in [3.63, 3.8) is 0 Å². The zero-order valence-corrected chi connectivity index (χ0v) is 14.2. The zero-order chi connectivity index (χ0) is 15.3. The number of hydrogen-bond donors (Lipinski definition) is 1. The molecular formula is C17H13BrN2OS. The number of hydrogen-bond acceptors (Lipinski definition) is 2. The van der Waals surface area contributed by atoms with Gasteiger partial charge in [0.05, 0.1) is 16.9 Å². The van der Waals surface area contributed by atoms with Gasteiger partial charge in [-0.05, 0) is 37.3 Å². The van der Waals surface area contributed by atoms with Crippen LogP contribution < -0.4 is 5.56 Å². The summed E-state index contributed by atoms with van der Waals surface area (Å²) >= 11 is 5.16. The first kappa shape index (κ1) is 13.9. The first-order valence-electron chi connectivity index (χ1n) is 7.02. The summed E-state index contributed by atoms with van der Waals surface area (Å²) in [7, 11) is 0. The van der Waals surface area contributed by atoms with Crippen molar-refractivity contribution in [2.45, 2.75) is 17.1 Å². The van der Waals surface area contributed by atoms with Gasteiger partial charge in [-0.1, -0.05) is 34.1 Å². The summed E-state index contributed by atoms with van der Waals surface area (Å²) in [4.78, 5) is 14.0. The summed E-state index contributed by atoms with van der Waals surface area (Å²) in [5, 5.41) is 3.44. The van der Waals surface area contributed by atoms with Crippen LogP contribution in [0.3, 0.4) is 0 Å². The van der Waals surface area contributed by atoms with Crippen molar-refractivity contribution in [2.75, 3.05) is 0 Å². The van der Waals surface area contributed by atoms with Crippen LogP contribution in [0.25, 0.3) is 16.9 Å². The van der Waals surface area contributed by atoms with Gasteiger partial charge in [0.15, 0.2) is 0 Å². The third-order valence-electron chi connectivity index (χ3n) is 3.88. The van der Waals surface area contributed by atoms with Gasteiger partial charge in [-0.15, -0.1) is 11.8 Å². The van der Waals surface area contributed by atoms with Gasteiger partial charge in [0.2, 0.25) is 0 Å². The molecule has 0 saturated heterocycles. The van der Waals surface area contributed by atoms with Crippen molar-refractivity contribution in [1.29, 1.82) is 0 Å². The van der Waals surface area contributed by atoms with Gasteiger partial charge in [0.25, 0.3) is 5.56 Å². The van der Waals surface area contributed by atoms with Gasteiger partial charge < -0.3 is 0 Å². The number of halogens is 1. The van der Waals surface area contributed by atoms with Gasteiger partial charge in [0.1, 0.15) is 0 Å². The van der Waals surface area contributed by atoms with Crippen LogP contribution in [0.5, 0.6) is 0 Å². The Bertz CT molecular complexity index is 911. The van der Waals surface area contributed by atoms with Crippen LogP contribution in [0.2, 0.25) is 0 Å². The molecule has 1 aliphatic rings. The number of thioether (sulfide) groups is 1. The van der Waals surface area contributed by atoms with E-state index in [4.69, 9.17) is 0 Å². The molecule has 22 heavy (non-hydrogen) atoms. The number of benzene rings is 2. The SMILES string of the molecule is CC1Sc2ccccc2-c2[nH]n(-c3ccc(Br)cc3)c(=O)c21. The van der Waals surface area contributed by atoms with E-state index in [1.807, 2.05) is 36.4 Å². The molecule has 1 unspecified atom stereocenters. The summed E-state index contributed by atoms with van der Waals surface area (Å²) in [5.74, 6) is 0. The van der Waals surface area contributed by atoms with E-state index in [1.54, 1.807) is 16.4 Å². The maximum Gasteiger partial charge on any atom is 0.276 e. The molecule has 1 N–H and O–H groups in total. The molecule has 5 heteroatoms. The zero-order valence-electron chi connectivity index (χ0n) is 11.8. The molecule has 1 aliphatic heterocycles. The Morgan fingerprint density at radius 1 is 1.14 bits per heavy atom. The number of fused-ring (bicyclic) bond motifs is 3. The molecule has 0 radical (unpaired) electrons. The van der Waals surface area contributed by atoms with Gasteiger partial charge in [-0.3, -0.25) is 9.89 Å². The molecule has 3 nitrogen and oxygen atoms in total. The second-order valence-electron chi connectivity index (χ2n) is 5.27. The maximum atomic E-state index is 12.8. The minimum absolute atomic E-state index is 0.0341. The third-order valence-corrected chi connectivity index (χ3v) is 5.61. The highest BCUT2D eigenvalue weighted by Crippen LogP contribution is 2.46. The number of nitrogens with zero attached hydrogens (tertiary/aromatic N) is 1. The molecular weight excluding hydrogens is 360 g/mol. The molecule has 0 fully saturated rings. The lowest BCUT2D eigenvalue weighted by molar-refractivity contribution is 0.848. The molecule has 0 saturated carbocycles. The summed E-state index contributed by atoms with van der Waals surface area (Å²) in [6.45, 7) is 2.08. The summed E-state index contributed by atoms with van der Waals surface area (Å²) in [6, 6.07) is 15.9. The van der Waals surface area contributed by atoms with Crippen molar-refractivity contribution in [3.05, 3.63) is 68.9 Å². The van der Waals surface area contributed by atoms with Crippen LogP contribution in [-0.2, 0) is 0 Å². The Morgan fingerprint density at radius 2 is 1.86 bits per heavy atom. The highest BCUT2D eigenvalue weighted by atomic mass is 79.9. The average Bonchev–Trinajstić information content (AvgIpc) is 2.87. The summed E-state index contributed by atoms with van der Waals surface area (Å²) < 4.78 is 2.63. The number of rotatable bonds is 1.